The molecule has 2 aromatic rings. The number of carbonyl (C=O) groups excluding carboxylic acids is 2. The van der Waals surface area contributed by atoms with E-state index in [1.54, 1.807) is 18.2 Å². The van der Waals surface area contributed by atoms with E-state index in [9.17, 15) is 9.59 Å². The van der Waals surface area contributed by atoms with Crippen LogP contribution >= 0.6 is 11.6 Å². The van der Waals surface area contributed by atoms with Gasteiger partial charge in [-0.1, -0.05) is 17.7 Å². The number of benzene rings is 2. The van der Waals surface area contributed by atoms with E-state index in [0.717, 1.165) is 5.56 Å². The molecule has 0 unspecified atom stereocenters. The van der Waals surface area contributed by atoms with E-state index < -0.39 is 5.97 Å². The minimum atomic E-state index is -0.501. The van der Waals surface area contributed by atoms with Crippen LogP contribution in [0.1, 0.15) is 15.9 Å². The molecule has 0 spiro atoms. The van der Waals surface area contributed by atoms with Crippen molar-refractivity contribution in [2.45, 2.75) is 6.42 Å². The first-order valence-electron chi connectivity index (χ1n) is 7.63. The van der Waals surface area contributed by atoms with Crippen molar-refractivity contribution in [1.29, 1.82) is 0 Å². The molecular formula is C18H16ClNO5. The van der Waals surface area contributed by atoms with Crippen LogP contribution in [0.5, 0.6) is 11.5 Å². The van der Waals surface area contributed by atoms with Gasteiger partial charge in [-0.2, -0.15) is 0 Å². The summed E-state index contributed by atoms with van der Waals surface area (Å²) < 4.78 is 15.6. The van der Waals surface area contributed by atoms with Crippen LogP contribution in [0.15, 0.2) is 36.4 Å². The van der Waals surface area contributed by atoms with Gasteiger partial charge in [-0.3, -0.25) is 4.79 Å². The lowest BCUT2D eigenvalue weighted by Gasteiger charge is -2.18. The number of hydrogen-bond donors (Lipinski definition) is 1. The molecule has 6 nitrogen and oxygen atoms in total. The fourth-order valence-corrected chi connectivity index (χ4v) is 2.61. The number of carbonyl (C=O) groups is 2. The molecular weight excluding hydrogens is 346 g/mol. The van der Waals surface area contributed by atoms with Crippen LogP contribution in [-0.4, -0.2) is 32.2 Å². The molecule has 130 valence electrons. The zero-order valence-corrected chi connectivity index (χ0v) is 14.3. The number of ether oxygens (including phenoxy) is 3. The SMILES string of the molecule is COC(=O)c1ccc(Cl)c(NC(=O)Cc2ccc3c(c2)OCCO3)c1. The van der Waals surface area contributed by atoms with Crippen molar-refractivity contribution in [1.82, 2.24) is 0 Å². The van der Waals surface area contributed by atoms with E-state index in [1.165, 1.54) is 25.3 Å². The lowest BCUT2D eigenvalue weighted by molar-refractivity contribution is -0.115. The van der Waals surface area contributed by atoms with Gasteiger partial charge in [0.25, 0.3) is 0 Å². The molecule has 0 aliphatic carbocycles. The molecule has 7 heteroatoms. The molecule has 0 aromatic heterocycles. The number of methoxy groups -OCH3 is 1. The first kappa shape index (κ1) is 17.1. The maximum atomic E-state index is 12.3. The van der Waals surface area contributed by atoms with E-state index in [-0.39, 0.29) is 12.3 Å². The van der Waals surface area contributed by atoms with Gasteiger partial charge in [-0.15, -0.1) is 0 Å². The molecule has 1 aliphatic rings. The van der Waals surface area contributed by atoms with Crippen molar-refractivity contribution < 1.29 is 23.8 Å². The summed E-state index contributed by atoms with van der Waals surface area (Å²) in [5.41, 5.74) is 1.44. The summed E-state index contributed by atoms with van der Waals surface area (Å²) in [6.45, 7) is 1.00. The quantitative estimate of drug-likeness (QED) is 0.847. The van der Waals surface area contributed by atoms with Crippen LogP contribution in [-0.2, 0) is 16.0 Å². The Morgan fingerprint density at radius 3 is 2.64 bits per heavy atom. The molecule has 0 radical (unpaired) electrons. The van der Waals surface area contributed by atoms with Gasteiger partial charge in [0.2, 0.25) is 5.91 Å². The average Bonchev–Trinajstić information content (AvgIpc) is 2.62. The second-order valence-electron chi connectivity index (χ2n) is 5.39. The summed E-state index contributed by atoms with van der Waals surface area (Å²) in [4.78, 5) is 23.9. The monoisotopic (exact) mass is 361 g/mol. The van der Waals surface area contributed by atoms with E-state index in [4.69, 9.17) is 21.1 Å². The van der Waals surface area contributed by atoms with Gasteiger partial charge in [0.15, 0.2) is 11.5 Å². The summed E-state index contributed by atoms with van der Waals surface area (Å²) in [5, 5.41) is 3.04. The topological polar surface area (TPSA) is 73.9 Å². The van der Waals surface area contributed by atoms with Gasteiger partial charge in [0.05, 0.1) is 29.8 Å². The third kappa shape index (κ3) is 4.03. The number of amides is 1. The maximum absolute atomic E-state index is 12.3. The Labute approximate surface area is 149 Å². The highest BCUT2D eigenvalue weighted by Gasteiger charge is 2.15. The first-order chi connectivity index (χ1) is 12.1. The highest BCUT2D eigenvalue weighted by atomic mass is 35.5. The Balaban J connectivity index is 1.71. The minimum absolute atomic E-state index is 0.134. The van der Waals surface area contributed by atoms with E-state index in [2.05, 4.69) is 10.1 Å². The average molecular weight is 362 g/mol. The third-order valence-electron chi connectivity index (χ3n) is 3.63. The number of halogens is 1. The molecule has 25 heavy (non-hydrogen) atoms. The summed E-state index contributed by atoms with van der Waals surface area (Å²) in [6, 6.07) is 9.91. The Kier molecular flexibility index (Phi) is 5.09. The molecule has 1 aliphatic heterocycles. The van der Waals surface area contributed by atoms with Gasteiger partial charge in [0.1, 0.15) is 13.2 Å². The number of anilines is 1. The normalized spacial score (nSPS) is 12.4. The summed E-state index contributed by atoms with van der Waals surface area (Å²) in [7, 11) is 1.29. The molecule has 1 N–H and O–H groups in total. The van der Waals surface area contributed by atoms with Crippen LogP contribution in [0, 0.1) is 0 Å². The van der Waals surface area contributed by atoms with Crippen LogP contribution < -0.4 is 14.8 Å². The molecule has 1 heterocycles. The van der Waals surface area contributed by atoms with Gasteiger partial charge < -0.3 is 19.5 Å². The zero-order valence-electron chi connectivity index (χ0n) is 13.5. The lowest BCUT2D eigenvalue weighted by Crippen LogP contribution is -2.17. The number of esters is 1. The highest BCUT2D eigenvalue weighted by molar-refractivity contribution is 6.33. The van der Waals surface area contributed by atoms with Gasteiger partial charge in [-0.05, 0) is 35.9 Å². The summed E-state index contributed by atoms with van der Waals surface area (Å²) in [5.74, 6) is 0.533. The fourth-order valence-electron chi connectivity index (χ4n) is 2.44. The number of fused-ring (bicyclic) bond motifs is 1. The third-order valence-corrected chi connectivity index (χ3v) is 3.96. The zero-order chi connectivity index (χ0) is 17.8. The Bertz CT molecular complexity index is 821. The van der Waals surface area contributed by atoms with Crippen molar-refractivity contribution in [3.8, 4) is 11.5 Å². The minimum Gasteiger partial charge on any atom is -0.486 e. The van der Waals surface area contributed by atoms with Crippen molar-refractivity contribution in [3.63, 3.8) is 0 Å². The number of rotatable bonds is 4. The fraction of sp³-hybridized carbons (Fsp3) is 0.222. The largest absolute Gasteiger partial charge is 0.486 e. The first-order valence-corrected chi connectivity index (χ1v) is 8.01. The van der Waals surface area contributed by atoms with Crippen molar-refractivity contribution in [2.24, 2.45) is 0 Å². The molecule has 3 rings (SSSR count). The number of nitrogens with one attached hydrogen (secondary N) is 1. The van der Waals surface area contributed by atoms with Crippen LogP contribution in [0.4, 0.5) is 5.69 Å². The van der Waals surface area contributed by atoms with Gasteiger partial charge in [0, 0.05) is 0 Å². The smallest absolute Gasteiger partial charge is 0.337 e. The Hall–Kier alpha value is -2.73. The molecule has 2 aromatic carbocycles. The lowest BCUT2D eigenvalue weighted by atomic mass is 10.1. The standard InChI is InChI=1S/C18H16ClNO5/c1-23-18(22)12-3-4-13(19)14(10-12)20-17(21)9-11-2-5-15-16(8-11)25-7-6-24-15/h2-5,8,10H,6-7,9H2,1H3,(H,20,21). The van der Waals surface area contributed by atoms with Crippen LogP contribution in [0.25, 0.3) is 0 Å². The predicted octanol–water partition coefficient (Wildman–Crippen LogP) is 3.08. The van der Waals surface area contributed by atoms with Gasteiger partial charge >= 0.3 is 5.97 Å². The summed E-state index contributed by atoms with van der Waals surface area (Å²) >= 11 is 6.08. The molecule has 0 atom stereocenters. The summed E-state index contributed by atoms with van der Waals surface area (Å²) in [6.07, 6.45) is 0.134. The Morgan fingerprint density at radius 2 is 1.88 bits per heavy atom. The van der Waals surface area contributed by atoms with Crippen LogP contribution in [0.2, 0.25) is 5.02 Å². The van der Waals surface area contributed by atoms with Crippen molar-refractivity contribution in [3.05, 3.63) is 52.5 Å². The van der Waals surface area contributed by atoms with Gasteiger partial charge in [-0.25, -0.2) is 4.79 Å². The van der Waals surface area contributed by atoms with Crippen LogP contribution in [0.3, 0.4) is 0 Å². The molecule has 0 bridgehead atoms. The maximum Gasteiger partial charge on any atom is 0.337 e. The van der Waals surface area contributed by atoms with E-state index >= 15 is 0 Å². The van der Waals surface area contributed by atoms with Crippen molar-refractivity contribution >= 4 is 29.2 Å². The second-order valence-corrected chi connectivity index (χ2v) is 5.80. The van der Waals surface area contributed by atoms with Crippen molar-refractivity contribution in [2.75, 3.05) is 25.6 Å². The molecule has 0 saturated heterocycles. The molecule has 1 amide bonds. The molecule has 0 saturated carbocycles. The highest BCUT2D eigenvalue weighted by Crippen LogP contribution is 2.31. The van der Waals surface area contributed by atoms with E-state index in [0.29, 0.717) is 41.0 Å². The molecule has 0 fully saturated rings. The second kappa shape index (κ2) is 7.44. The number of hydrogen-bond acceptors (Lipinski definition) is 5. The predicted molar refractivity (Wildman–Crippen MR) is 92.6 cm³/mol. The Morgan fingerprint density at radius 1 is 1.12 bits per heavy atom. The van der Waals surface area contributed by atoms with E-state index in [1.807, 2.05) is 0 Å².